The van der Waals surface area contributed by atoms with Crippen LogP contribution in [0.3, 0.4) is 0 Å². The minimum atomic E-state index is -0.123. The van der Waals surface area contributed by atoms with Crippen molar-refractivity contribution in [3.63, 3.8) is 0 Å². The smallest absolute Gasteiger partial charge is 0.252 e. The summed E-state index contributed by atoms with van der Waals surface area (Å²) in [5, 5.41) is 8.36. The maximum Gasteiger partial charge on any atom is 0.252 e. The van der Waals surface area contributed by atoms with Gasteiger partial charge in [0.05, 0.1) is 22.3 Å². The zero-order chi connectivity index (χ0) is 19.4. The molecular weight excluding hydrogens is 409 g/mol. The first-order valence-electron chi connectivity index (χ1n) is 9.45. The lowest BCUT2D eigenvalue weighted by Gasteiger charge is -2.17. The van der Waals surface area contributed by atoms with Gasteiger partial charge in [-0.15, -0.1) is 24.8 Å². The highest BCUT2D eigenvalue weighted by atomic mass is 35.5. The van der Waals surface area contributed by atoms with Crippen LogP contribution in [0.4, 0.5) is 0 Å². The molecule has 0 bridgehead atoms. The van der Waals surface area contributed by atoms with Crippen molar-refractivity contribution in [3.8, 4) is 11.3 Å². The third-order valence-electron chi connectivity index (χ3n) is 4.81. The van der Waals surface area contributed by atoms with E-state index in [9.17, 15) is 4.79 Å². The van der Waals surface area contributed by atoms with Gasteiger partial charge >= 0.3 is 0 Å². The molecule has 0 aliphatic carbocycles. The molecule has 1 unspecified atom stereocenters. The summed E-state index contributed by atoms with van der Waals surface area (Å²) in [6, 6.07) is 11.7. The number of nitrogens with zero attached hydrogens (tertiary/aromatic N) is 3. The molecule has 0 radical (unpaired) electrons. The van der Waals surface area contributed by atoms with Gasteiger partial charge in [0.1, 0.15) is 0 Å². The molecule has 0 spiro atoms. The topological polar surface area (TPSA) is 85.8 Å². The number of rotatable bonds is 7. The fourth-order valence-electron chi connectivity index (χ4n) is 3.34. The van der Waals surface area contributed by atoms with Gasteiger partial charge in [-0.2, -0.15) is 5.10 Å². The summed E-state index contributed by atoms with van der Waals surface area (Å²) in [5.41, 5.74) is 9.68. The molecule has 0 saturated carbocycles. The number of carbonyl (C=O) groups excluding carboxylic acids is 1. The van der Waals surface area contributed by atoms with Crippen LogP contribution < -0.4 is 11.1 Å². The van der Waals surface area contributed by atoms with Crippen LogP contribution in [0.15, 0.2) is 36.4 Å². The zero-order valence-electron chi connectivity index (χ0n) is 17.0. The van der Waals surface area contributed by atoms with E-state index in [0.29, 0.717) is 17.8 Å². The lowest BCUT2D eigenvalue weighted by Crippen LogP contribution is -2.40. The normalized spacial score (nSPS) is 11.4. The number of hydrogen-bond acceptors (Lipinski definition) is 4. The molecule has 3 aromatic rings. The van der Waals surface area contributed by atoms with Crippen LogP contribution in [0.5, 0.6) is 0 Å². The molecule has 1 aromatic carbocycles. The van der Waals surface area contributed by atoms with Crippen molar-refractivity contribution in [2.24, 2.45) is 12.8 Å². The molecule has 2 heterocycles. The van der Waals surface area contributed by atoms with E-state index >= 15 is 0 Å². The zero-order valence-corrected chi connectivity index (χ0v) is 18.6. The largest absolute Gasteiger partial charge is 0.348 e. The number of amides is 1. The summed E-state index contributed by atoms with van der Waals surface area (Å²) in [7, 11) is 1.85. The van der Waals surface area contributed by atoms with Crippen LogP contribution in [0, 0.1) is 6.92 Å². The Labute approximate surface area is 184 Å². The molecule has 29 heavy (non-hydrogen) atoms. The highest BCUT2D eigenvalue weighted by molar-refractivity contribution is 6.07. The highest BCUT2D eigenvalue weighted by Crippen LogP contribution is 2.26. The van der Waals surface area contributed by atoms with Crippen molar-refractivity contribution in [1.29, 1.82) is 0 Å². The van der Waals surface area contributed by atoms with Crippen LogP contribution in [0.2, 0.25) is 0 Å². The first-order valence-corrected chi connectivity index (χ1v) is 9.45. The van der Waals surface area contributed by atoms with Crippen molar-refractivity contribution in [3.05, 3.63) is 47.7 Å². The molecule has 0 aliphatic heterocycles. The van der Waals surface area contributed by atoms with E-state index in [2.05, 4.69) is 17.3 Å². The quantitative estimate of drug-likeness (QED) is 0.583. The third-order valence-corrected chi connectivity index (χ3v) is 4.81. The third kappa shape index (κ3) is 5.47. The van der Waals surface area contributed by atoms with E-state index in [4.69, 9.17) is 10.7 Å². The van der Waals surface area contributed by atoms with Gasteiger partial charge in [0.15, 0.2) is 5.65 Å². The minimum Gasteiger partial charge on any atom is -0.348 e. The average Bonchev–Trinajstić information content (AvgIpc) is 2.98. The maximum atomic E-state index is 13.1. The lowest BCUT2D eigenvalue weighted by atomic mass is 10.0. The number of fused-ring (bicyclic) bond motifs is 1. The van der Waals surface area contributed by atoms with E-state index in [1.807, 2.05) is 50.4 Å². The van der Waals surface area contributed by atoms with Crippen LogP contribution in [-0.4, -0.2) is 33.3 Å². The van der Waals surface area contributed by atoms with Gasteiger partial charge in [-0.1, -0.05) is 50.1 Å². The second kappa shape index (κ2) is 11.1. The van der Waals surface area contributed by atoms with Crippen molar-refractivity contribution in [2.45, 2.75) is 39.2 Å². The van der Waals surface area contributed by atoms with Crippen molar-refractivity contribution in [1.82, 2.24) is 20.1 Å². The second-order valence-corrected chi connectivity index (χ2v) is 6.88. The summed E-state index contributed by atoms with van der Waals surface area (Å²) >= 11 is 0. The number of carbonyl (C=O) groups is 1. The average molecular weight is 438 g/mol. The monoisotopic (exact) mass is 437 g/mol. The molecule has 3 rings (SSSR count). The van der Waals surface area contributed by atoms with Gasteiger partial charge < -0.3 is 11.1 Å². The Kier molecular flexibility index (Phi) is 9.56. The summed E-state index contributed by atoms with van der Waals surface area (Å²) < 4.78 is 1.73. The van der Waals surface area contributed by atoms with Crippen LogP contribution >= 0.6 is 24.8 Å². The van der Waals surface area contributed by atoms with Gasteiger partial charge in [-0.05, 0) is 19.4 Å². The number of unbranched alkanes of at least 4 members (excludes halogenated alkanes) is 1. The molecule has 2 aromatic heterocycles. The molecule has 1 amide bonds. The predicted molar refractivity (Wildman–Crippen MR) is 123 cm³/mol. The Hall–Kier alpha value is -2.15. The molecule has 3 N–H and O–H groups in total. The van der Waals surface area contributed by atoms with E-state index in [1.54, 1.807) is 4.68 Å². The first-order chi connectivity index (χ1) is 13.0. The van der Waals surface area contributed by atoms with Crippen LogP contribution in [0.25, 0.3) is 22.3 Å². The SMILES string of the molecule is CCCCC(CN)NC(=O)c1cc(-c2ccccc2)nc2c1c(C)nn2C.Cl.Cl. The molecule has 1 atom stereocenters. The summed E-state index contributed by atoms with van der Waals surface area (Å²) in [6.07, 6.45) is 2.99. The van der Waals surface area contributed by atoms with Crippen LogP contribution in [0.1, 0.15) is 42.2 Å². The molecule has 0 aliphatic rings. The van der Waals surface area contributed by atoms with Crippen molar-refractivity contribution < 1.29 is 4.79 Å². The van der Waals surface area contributed by atoms with Crippen molar-refractivity contribution >= 4 is 41.8 Å². The predicted octanol–water partition coefficient (Wildman–Crippen LogP) is 4.03. The Bertz CT molecular complexity index is 943. The summed E-state index contributed by atoms with van der Waals surface area (Å²) in [4.78, 5) is 17.9. The van der Waals surface area contributed by atoms with Gasteiger partial charge in [0.2, 0.25) is 0 Å². The fraction of sp³-hybridized carbons (Fsp3) is 0.381. The Morgan fingerprint density at radius 2 is 1.93 bits per heavy atom. The van der Waals surface area contributed by atoms with Gasteiger partial charge in [0.25, 0.3) is 5.91 Å². The number of pyridine rings is 1. The maximum absolute atomic E-state index is 13.1. The summed E-state index contributed by atoms with van der Waals surface area (Å²) in [5.74, 6) is -0.123. The van der Waals surface area contributed by atoms with Crippen LogP contribution in [-0.2, 0) is 7.05 Å². The molecule has 0 fully saturated rings. The van der Waals surface area contributed by atoms with E-state index in [1.165, 1.54) is 0 Å². The number of nitrogens with two attached hydrogens (primary N) is 1. The molecule has 0 saturated heterocycles. The minimum absolute atomic E-state index is 0. The standard InChI is InChI=1S/C21H27N5O.2ClH/c1-4-5-11-16(13-22)23-21(27)17-12-18(15-9-7-6-8-10-15)24-20-19(17)14(2)25-26(20)3;;/h6-10,12,16H,4-5,11,13,22H2,1-3H3,(H,23,27);2*1H. The first kappa shape index (κ1) is 24.9. The number of halogens is 2. The number of aromatic nitrogens is 3. The molecule has 8 heteroatoms. The second-order valence-electron chi connectivity index (χ2n) is 6.88. The number of nitrogens with one attached hydrogen (secondary N) is 1. The van der Waals surface area contributed by atoms with E-state index < -0.39 is 0 Å². The van der Waals surface area contributed by atoms with Gasteiger partial charge in [-0.3, -0.25) is 9.48 Å². The highest BCUT2D eigenvalue weighted by Gasteiger charge is 2.21. The number of benzene rings is 1. The Morgan fingerprint density at radius 1 is 1.24 bits per heavy atom. The van der Waals surface area contributed by atoms with Gasteiger partial charge in [0, 0.05) is 25.2 Å². The van der Waals surface area contributed by atoms with E-state index in [-0.39, 0.29) is 36.8 Å². The van der Waals surface area contributed by atoms with Gasteiger partial charge in [-0.25, -0.2) is 4.98 Å². The fourth-order valence-corrected chi connectivity index (χ4v) is 3.34. The molecule has 6 nitrogen and oxygen atoms in total. The van der Waals surface area contributed by atoms with E-state index in [0.717, 1.165) is 41.6 Å². The Balaban J connectivity index is 0.00000210. The number of hydrogen-bond donors (Lipinski definition) is 2. The molecule has 158 valence electrons. The number of aryl methyl sites for hydroxylation is 2. The summed E-state index contributed by atoms with van der Waals surface area (Å²) in [6.45, 7) is 4.46. The molecular formula is C21H29Cl2N5O. The lowest BCUT2D eigenvalue weighted by molar-refractivity contribution is 0.0937. The Morgan fingerprint density at radius 3 is 2.55 bits per heavy atom. The van der Waals surface area contributed by atoms with Crippen molar-refractivity contribution in [2.75, 3.05) is 6.54 Å².